The average Bonchev–Trinajstić information content (AvgIpc) is 2.53. The lowest BCUT2D eigenvalue weighted by molar-refractivity contribution is -0.146. The van der Waals surface area contributed by atoms with Crippen LogP contribution >= 0.6 is 12.4 Å². The molecule has 1 aromatic rings. The summed E-state index contributed by atoms with van der Waals surface area (Å²) in [5.74, 6) is 0.0368. The third-order valence-electron chi connectivity index (χ3n) is 4.31. The minimum Gasteiger partial charge on any atom is -0.339 e. The quantitative estimate of drug-likeness (QED) is 0.884. The first-order chi connectivity index (χ1) is 10.6. The molecule has 134 valence electrons. The Hall–Kier alpha value is -1.59. The maximum atomic E-state index is 12.8. The lowest BCUT2D eigenvalue weighted by Gasteiger charge is -2.40. The second-order valence-electron chi connectivity index (χ2n) is 7.40. The molecule has 0 aliphatic carbocycles. The molecule has 0 radical (unpaired) electrons. The predicted molar refractivity (Wildman–Crippen MR) is 97.8 cm³/mol. The molecule has 0 bridgehead atoms. The van der Waals surface area contributed by atoms with Gasteiger partial charge in [0.25, 0.3) is 0 Å². The number of nitrogens with two attached hydrogens (primary N) is 1. The van der Waals surface area contributed by atoms with Gasteiger partial charge in [-0.1, -0.05) is 51.1 Å². The molecule has 2 amide bonds. The first-order valence-corrected chi connectivity index (χ1v) is 8.07. The Morgan fingerprint density at radius 2 is 1.29 bits per heavy atom. The van der Waals surface area contributed by atoms with Crippen LogP contribution in [0, 0.1) is 5.41 Å². The number of piperazine rings is 1. The van der Waals surface area contributed by atoms with E-state index in [1.807, 2.05) is 56.0 Å². The summed E-state index contributed by atoms with van der Waals surface area (Å²) >= 11 is 0. The topological polar surface area (TPSA) is 66.6 Å². The number of amides is 2. The summed E-state index contributed by atoms with van der Waals surface area (Å²) in [7, 11) is 0. The van der Waals surface area contributed by atoms with E-state index in [4.69, 9.17) is 5.73 Å². The molecule has 2 N–H and O–H groups in total. The van der Waals surface area contributed by atoms with Crippen LogP contribution in [-0.2, 0) is 15.1 Å². The lowest BCUT2D eigenvalue weighted by atomic mass is 9.91. The molecule has 0 spiro atoms. The Labute approximate surface area is 150 Å². The SMILES string of the molecule is CC(C)(C)C(=O)N1CCN(C(=O)C(C)(N)c2ccccc2)CC1.Cl. The number of carbonyl (C=O) groups is 2. The van der Waals surface area contributed by atoms with Crippen molar-refractivity contribution in [1.82, 2.24) is 9.80 Å². The third kappa shape index (κ3) is 4.28. The van der Waals surface area contributed by atoms with Crippen LogP contribution in [0.15, 0.2) is 30.3 Å². The third-order valence-corrected chi connectivity index (χ3v) is 4.31. The van der Waals surface area contributed by atoms with E-state index in [1.165, 1.54) is 0 Å². The summed E-state index contributed by atoms with van der Waals surface area (Å²) in [5.41, 5.74) is 5.67. The van der Waals surface area contributed by atoms with Crippen LogP contribution in [0.25, 0.3) is 0 Å². The summed E-state index contributed by atoms with van der Waals surface area (Å²) in [4.78, 5) is 28.7. The minimum absolute atomic E-state index is 0. The van der Waals surface area contributed by atoms with Crippen LogP contribution in [0.1, 0.15) is 33.3 Å². The van der Waals surface area contributed by atoms with Crippen LogP contribution in [0.2, 0.25) is 0 Å². The Morgan fingerprint density at radius 3 is 1.71 bits per heavy atom. The summed E-state index contributed by atoms with van der Waals surface area (Å²) in [5, 5.41) is 0. The van der Waals surface area contributed by atoms with Crippen LogP contribution < -0.4 is 5.73 Å². The monoisotopic (exact) mass is 353 g/mol. The van der Waals surface area contributed by atoms with Crippen LogP contribution in [0.5, 0.6) is 0 Å². The van der Waals surface area contributed by atoms with Gasteiger partial charge in [-0.25, -0.2) is 0 Å². The van der Waals surface area contributed by atoms with Crippen molar-refractivity contribution < 1.29 is 9.59 Å². The summed E-state index contributed by atoms with van der Waals surface area (Å²) in [6.45, 7) is 9.68. The van der Waals surface area contributed by atoms with Crippen molar-refractivity contribution in [3.8, 4) is 0 Å². The van der Waals surface area contributed by atoms with E-state index < -0.39 is 11.0 Å². The second-order valence-corrected chi connectivity index (χ2v) is 7.40. The van der Waals surface area contributed by atoms with E-state index in [1.54, 1.807) is 11.8 Å². The van der Waals surface area contributed by atoms with Gasteiger partial charge < -0.3 is 15.5 Å². The number of nitrogens with zero attached hydrogens (tertiary/aromatic N) is 2. The highest BCUT2D eigenvalue weighted by Crippen LogP contribution is 2.23. The highest BCUT2D eigenvalue weighted by atomic mass is 35.5. The van der Waals surface area contributed by atoms with Gasteiger partial charge in [-0.2, -0.15) is 0 Å². The van der Waals surface area contributed by atoms with Gasteiger partial charge in [0.1, 0.15) is 5.54 Å². The molecule has 1 aliphatic heterocycles. The van der Waals surface area contributed by atoms with E-state index in [0.717, 1.165) is 5.56 Å². The standard InChI is InChI=1S/C18H27N3O2.ClH/c1-17(2,3)15(22)20-10-12-21(13-11-20)16(23)18(4,19)14-8-6-5-7-9-14;/h5-9H,10-13,19H2,1-4H3;1H. The van der Waals surface area contributed by atoms with Crippen molar-refractivity contribution in [2.75, 3.05) is 26.2 Å². The number of rotatable bonds is 2. The molecular weight excluding hydrogens is 326 g/mol. The van der Waals surface area contributed by atoms with Crippen LogP contribution in [-0.4, -0.2) is 47.8 Å². The first-order valence-electron chi connectivity index (χ1n) is 8.07. The normalized spacial score (nSPS) is 17.7. The van der Waals surface area contributed by atoms with Crippen molar-refractivity contribution in [2.45, 2.75) is 33.2 Å². The Balaban J connectivity index is 0.00000288. The molecule has 1 aliphatic rings. The molecule has 1 saturated heterocycles. The Bertz CT molecular complexity index is 574. The van der Waals surface area contributed by atoms with Gasteiger partial charge in [-0.3, -0.25) is 9.59 Å². The zero-order valence-electron chi connectivity index (χ0n) is 14.9. The van der Waals surface area contributed by atoms with Gasteiger partial charge in [-0.05, 0) is 12.5 Å². The number of carbonyl (C=O) groups excluding carboxylic acids is 2. The molecular formula is C18H28ClN3O2. The maximum absolute atomic E-state index is 12.8. The van der Waals surface area contributed by atoms with E-state index >= 15 is 0 Å². The van der Waals surface area contributed by atoms with Crippen molar-refractivity contribution in [1.29, 1.82) is 0 Å². The van der Waals surface area contributed by atoms with Gasteiger partial charge in [-0.15, -0.1) is 12.4 Å². The second kappa shape index (κ2) is 7.53. The molecule has 6 heteroatoms. The molecule has 1 heterocycles. The Kier molecular flexibility index (Phi) is 6.42. The molecule has 0 saturated carbocycles. The number of hydrogen-bond donors (Lipinski definition) is 1. The van der Waals surface area contributed by atoms with Crippen LogP contribution in [0.4, 0.5) is 0 Å². The van der Waals surface area contributed by atoms with Gasteiger partial charge in [0.2, 0.25) is 11.8 Å². The molecule has 1 unspecified atom stereocenters. The first kappa shape index (κ1) is 20.5. The Morgan fingerprint density at radius 1 is 0.875 bits per heavy atom. The molecule has 2 rings (SSSR count). The van der Waals surface area contributed by atoms with Gasteiger partial charge >= 0.3 is 0 Å². The van der Waals surface area contributed by atoms with Gasteiger partial charge in [0.05, 0.1) is 0 Å². The zero-order valence-corrected chi connectivity index (χ0v) is 15.7. The molecule has 0 aromatic heterocycles. The molecule has 1 atom stereocenters. The van der Waals surface area contributed by atoms with E-state index in [9.17, 15) is 9.59 Å². The van der Waals surface area contributed by atoms with Crippen molar-refractivity contribution in [3.05, 3.63) is 35.9 Å². The fourth-order valence-corrected chi connectivity index (χ4v) is 2.82. The molecule has 24 heavy (non-hydrogen) atoms. The molecule has 1 fully saturated rings. The van der Waals surface area contributed by atoms with Crippen molar-refractivity contribution in [3.63, 3.8) is 0 Å². The summed E-state index contributed by atoms with van der Waals surface area (Å²) < 4.78 is 0. The maximum Gasteiger partial charge on any atom is 0.247 e. The van der Waals surface area contributed by atoms with Crippen molar-refractivity contribution >= 4 is 24.2 Å². The predicted octanol–water partition coefficient (Wildman–Crippen LogP) is 2.00. The van der Waals surface area contributed by atoms with E-state index in [-0.39, 0.29) is 24.2 Å². The fraction of sp³-hybridized carbons (Fsp3) is 0.556. The van der Waals surface area contributed by atoms with E-state index in [2.05, 4.69) is 0 Å². The van der Waals surface area contributed by atoms with Crippen molar-refractivity contribution in [2.24, 2.45) is 11.1 Å². The zero-order chi connectivity index (χ0) is 17.3. The number of benzene rings is 1. The summed E-state index contributed by atoms with van der Waals surface area (Å²) in [6, 6.07) is 9.41. The minimum atomic E-state index is -1.04. The van der Waals surface area contributed by atoms with Gasteiger partial charge in [0.15, 0.2) is 0 Å². The highest BCUT2D eigenvalue weighted by Gasteiger charge is 2.37. The van der Waals surface area contributed by atoms with E-state index in [0.29, 0.717) is 26.2 Å². The smallest absolute Gasteiger partial charge is 0.247 e. The largest absolute Gasteiger partial charge is 0.339 e. The highest BCUT2D eigenvalue weighted by molar-refractivity contribution is 5.87. The fourth-order valence-electron chi connectivity index (χ4n) is 2.82. The average molecular weight is 354 g/mol. The summed E-state index contributed by atoms with van der Waals surface area (Å²) in [6.07, 6.45) is 0. The molecule has 1 aromatic carbocycles. The number of halogens is 1. The molecule has 5 nitrogen and oxygen atoms in total. The lowest BCUT2D eigenvalue weighted by Crippen LogP contribution is -2.58. The van der Waals surface area contributed by atoms with Crippen LogP contribution in [0.3, 0.4) is 0 Å². The number of hydrogen-bond acceptors (Lipinski definition) is 3. The van der Waals surface area contributed by atoms with Gasteiger partial charge in [0, 0.05) is 31.6 Å².